The van der Waals surface area contributed by atoms with E-state index in [9.17, 15) is 14.7 Å². The average molecular weight is 376 g/mol. The van der Waals surface area contributed by atoms with Gasteiger partial charge in [-0.2, -0.15) is 0 Å². The van der Waals surface area contributed by atoms with Crippen molar-refractivity contribution in [2.75, 3.05) is 14.2 Å². The van der Waals surface area contributed by atoms with Gasteiger partial charge in [0.25, 0.3) is 0 Å². The van der Waals surface area contributed by atoms with Gasteiger partial charge in [0.1, 0.15) is 23.1 Å². The van der Waals surface area contributed by atoms with Crippen molar-refractivity contribution in [1.29, 1.82) is 0 Å². The minimum Gasteiger partial charge on any atom is -0.497 e. The molecule has 1 aromatic rings. The van der Waals surface area contributed by atoms with Gasteiger partial charge >= 0.3 is 12.1 Å². The number of benzene rings is 1. The fourth-order valence-corrected chi connectivity index (χ4v) is 1.98. The van der Waals surface area contributed by atoms with Crippen molar-refractivity contribution >= 4 is 24.5 Å². The highest BCUT2D eigenvalue weighted by molar-refractivity contribution is 5.85. The van der Waals surface area contributed by atoms with Crippen LogP contribution in [0.1, 0.15) is 33.3 Å². The lowest BCUT2D eigenvalue weighted by Crippen LogP contribution is -2.45. The Labute approximate surface area is 154 Å². The van der Waals surface area contributed by atoms with Crippen LogP contribution >= 0.6 is 12.4 Å². The van der Waals surface area contributed by atoms with Crippen LogP contribution in [0.25, 0.3) is 0 Å². The van der Waals surface area contributed by atoms with Crippen LogP contribution < -0.4 is 9.47 Å². The van der Waals surface area contributed by atoms with Crippen LogP contribution in [0.5, 0.6) is 11.5 Å². The summed E-state index contributed by atoms with van der Waals surface area (Å²) < 4.78 is 15.8. The molecule has 1 atom stereocenters. The predicted molar refractivity (Wildman–Crippen MR) is 95.7 cm³/mol. The highest BCUT2D eigenvalue weighted by Gasteiger charge is 2.30. The van der Waals surface area contributed by atoms with Crippen molar-refractivity contribution < 1.29 is 28.9 Å². The van der Waals surface area contributed by atoms with Crippen molar-refractivity contribution in [3.8, 4) is 11.5 Å². The molecule has 7 nitrogen and oxygen atoms in total. The number of aliphatic carboxylic acids is 1. The Hall–Kier alpha value is -2.15. The molecule has 0 aromatic heterocycles. The Morgan fingerprint density at radius 2 is 1.80 bits per heavy atom. The Bertz CT molecular complexity index is 599. The second kappa shape index (κ2) is 9.36. The SMILES string of the molecule is COc1ccc(CN(C(=O)OC(C)(C)C)[C@@H](C)C(=O)O)c(OC)c1.Cl. The van der Waals surface area contributed by atoms with E-state index < -0.39 is 23.7 Å². The van der Waals surface area contributed by atoms with E-state index in [-0.39, 0.29) is 19.0 Å². The number of halogens is 1. The number of methoxy groups -OCH3 is 2. The monoisotopic (exact) mass is 375 g/mol. The van der Waals surface area contributed by atoms with E-state index in [1.54, 1.807) is 39.0 Å². The van der Waals surface area contributed by atoms with E-state index in [2.05, 4.69) is 0 Å². The minimum absolute atomic E-state index is 0. The van der Waals surface area contributed by atoms with E-state index in [1.165, 1.54) is 21.1 Å². The number of carbonyl (C=O) groups excluding carboxylic acids is 1. The van der Waals surface area contributed by atoms with Crippen molar-refractivity contribution in [1.82, 2.24) is 4.90 Å². The maximum atomic E-state index is 12.4. The number of carbonyl (C=O) groups is 2. The standard InChI is InChI=1S/C17H25NO6.ClH/c1-11(15(19)20)18(16(21)24-17(2,3)4)10-12-7-8-13(22-5)9-14(12)23-6;/h7-9,11H,10H2,1-6H3,(H,19,20);1H/t11-;/m0./s1. The number of ether oxygens (including phenoxy) is 3. The Kier molecular flexibility index (Phi) is 8.56. The molecule has 1 amide bonds. The minimum atomic E-state index is -1.12. The summed E-state index contributed by atoms with van der Waals surface area (Å²) in [5, 5.41) is 9.29. The Balaban J connectivity index is 0.00000576. The zero-order chi connectivity index (χ0) is 18.5. The second-order valence-corrected chi connectivity index (χ2v) is 6.30. The lowest BCUT2D eigenvalue weighted by Gasteiger charge is -2.30. The molecule has 1 N–H and O–H groups in total. The number of carboxylic acid groups (broad SMARTS) is 1. The number of carboxylic acids is 1. The maximum absolute atomic E-state index is 12.4. The van der Waals surface area contributed by atoms with Crippen LogP contribution in [0.4, 0.5) is 4.79 Å². The quantitative estimate of drug-likeness (QED) is 0.820. The molecular weight excluding hydrogens is 350 g/mol. The molecule has 0 fully saturated rings. The summed E-state index contributed by atoms with van der Waals surface area (Å²) in [4.78, 5) is 24.9. The largest absolute Gasteiger partial charge is 0.497 e. The molecule has 0 saturated carbocycles. The van der Waals surface area contributed by atoms with Gasteiger partial charge in [-0.15, -0.1) is 12.4 Å². The smallest absolute Gasteiger partial charge is 0.411 e. The molecule has 1 aromatic carbocycles. The van der Waals surface area contributed by atoms with E-state index in [0.29, 0.717) is 17.1 Å². The first-order chi connectivity index (χ1) is 11.1. The molecule has 0 spiro atoms. The van der Waals surface area contributed by atoms with Gasteiger partial charge in [-0.05, 0) is 39.8 Å². The Morgan fingerprint density at radius 1 is 1.20 bits per heavy atom. The van der Waals surface area contributed by atoms with Gasteiger partial charge in [-0.1, -0.05) is 0 Å². The summed E-state index contributed by atoms with van der Waals surface area (Å²) in [7, 11) is 3.03. The molecular formula is C17H26ClNO6. The van der Waals surface area contributed by atoms with Crippen LogP contribution in [0.3, 0.4) is 0 Å². The predicted octanol–water partition coefficient (Wildman–Crippen LogP) is 3.34. The second-order valence-electron chi connectivity index (χ2n) is 6.30. The first kappa shape index (κ1) is 22.9. The maximum Gasteiger partial charge on any atom is 0.411 e. The van der Waals surface area contributed by atoms with Crippen molar-refractivity contribution in [2.24, 2.45) is 0 Å². The first-order valence-electron chi connectivity index (χ1n) is 7.52. The summed E-state index contributed by atoms with van der Waals surface area (Å²) in [6.07, 6.45) is -0.699. The van der Waals surface area contributed by atoms with E-state index >= 15 is 0 Å². The third kappa shape index (κ3) is 6.70. The highest BCUT2D eigenvalue weighted by atomic mass is 35.5. The van der Waals surface area contributed by atoms with Gasteiger partial charge in [0, 0.05) is 11.6 Å². The van der Waals surface area contributed by atoms with Gasteiger partial charge in [-0.3, -0.25) is 4.90 Å². The summed E-state index contributed by atoms with van der Waals surface area (Å²) in [6.45, 7) is 6.64. The molecule has 0 aliphatic rings. The molecule has 1 rings (SSSR count). The van der Waals surface area contributed by atoms with Crippen LogP contribution in [-0.4, -0.2) is 47.9 Å². The normalized spacial score (nSPS) is 11.8. The fourth-order valence-electron chi connectivity index (χ4n) is 1.98. The molecule has 0 saturated heterocycles. The molecule has 0 unspecified atom stereocenters. The summed E-state index contributed by atoms with van der Waals surface area (Å²) >= 11 is 0. The lowest BCUT2D eigenvalue weighted by molar-refractivity contribution is -0.142. The number of amides is 1. The van der Waals surface area contributed by atoms with Gasteiger partial charge < -0.3 is 19.3 Å². The number of rotatable bonds is 6. The number of hydrogen-bond acceptors (Lipinski definition) is 5. The molecule has 8 heteroatoms. The highest BCUT2D eigenvalue weighted by Crippen LogP contribution is 2.27. The molecule has 0 bridgehead atoms. The molecule has 0 aliphatic carbocycles. The van der Waals surface area contributed by atoms with E-state index in [0.717, 1.165) is 4.90 Å². The lowest BCUT2D eigenvalue weighted by atomic mass is 10.1. The Morgan fingerprint density at radius 3 is 2.24 bits per heavy atom. The first-order valence-corrected chi connectivity index (χ1v) is 7.52. The number of hydrogen-bond donors (Lipinski definition) is 1. The van der Waals surface area contributed by atoms with Crippen molar-refractivity contribution in [3.05, 3.63) is 23.8 Å². The van der Waals surface area contributed by atoms with E-state index in [4.69, 9.17) is 14.2 Å². The van der Waals surface area contributed by atoms with Crippen LogP contribution in [0.2, 0.25) is 0 Å². The van der Waals surface area contributed by atoms with Crippen LogP contribution in [-0.2, 0) is 16.1 Å². The van der Waals surface area contributed by atoms with Crippen molar-refractivity contribution in [3.63, 3.8) is 0 Å². The van der Waals surface area contributed by atoms with Crippen LogP contribution in [0, 0.1) is 0 Å². The van der Waals surface area contributed by atoms with Gasteiger partial charge in [0.15, 0.2) is 0 Å². The molecule has 142 valence electrons. The fraction of sp³-hybridized carbons (Fsp3) is 0.529. The van der Waals surface area contributed by atoms with Crippen molar-refractivity contribution in [2.45, 2.75) is 45.9 Å². The molecule has 0 heterocycles. The number of nitrogens with zero attached hydrogens (tertiary/aromatic N) is 1. The molecule has 0 aliphatic heterocycles. The summed E-state index contributed by atoms with van der Waals surface area (Å²) in [5.74, 6) is -0.0143. The summed E-state index contributed by atoms with van der Waals surface area (Å²) in [5.41, 5.74) is -0.0744. The zero-order valence-corrected chi connectivity index (χ0v) is 16.2. The average Bonchev–Trinajstić information content (AvgIpc) is 2.49. The molecule has 25 heavy (non-hydrogen) atoms. The summed E-state index contributed by atoms with van der Waals surface area (Å²) in [6, 6.07) is 4.07. The third-order valence-corrected chi connectivity index (χ3v) is 3.29. The van der Waals surface area contributed by atoms with E-state index in [1.807, 2.05) is 0 Å². The third-order valence-electron chi connectivity index (χ3n) is 3.29. The van der Waals surface area contributed by atoms with Crippen LogP contribution in [0.15, 0.2) is 18.2 Å². The van der Waals surface area contributed by atoms with Gasteiger partial charge in [-0.25, -0.2) is 9.59 Å². The topological polar surface area (TPSA) is 85.3 Å². The van der Waals surface area contributed by atoms with Gasteiger partial charge in [0.2, 0.25) is 0 Å². The zero-order valence-electron chi connectivity index (χ0n) is 15.4. The van der Waals surface area contributed by atoms with Gasteiger partial charge in [0.05, 0.1) is 20.8 Å². The molecule has 0 radical (unpaired) electrons.